The van der Waals surface area contributed by atoms with Crippen LogP contribution in [0.2, 0.25) is 0 Å². The molecule has 0 aromatic heterocycles. The van der Waals surface area contributed by atoms with E-state index < -0.39 is 6.61 Å². The van der Waals surface area contributed by atoms with E-state index in [1.807, 2.05) is 11.8 Å². The number of halogens is 2. The van der Waals surface area contributed by atoms with Gasteiger partial charge in [0.15, 0.2) is 0 Å². The van der Waals surface area contributed by atoms with Crippen LogP contribution in [-0.2, 0) is 11.3 Å². The Kier molecular flexibility index (Phi) is 6.45. The summed E-state index contributed by atoms with van der Waals surface area (Å²) < 4.78 is 28.5. The summed E-state index contributed by atoms with van der Waals surface area (Å²) >= 11 is 1.86. The summed E-state index contributed by atoms with van der Waals surface area (Å²) in [6, 6.07) is 6.58. The molecule has 1 unspecified atom stereocenters. The molecule has 0 radical (unpaired) electrons. The average molecular weight is 330 g/mol. The Hall–Kier alpha value is -1.34. The smallest absolute Gasteiger partial charge is 0.387 e. The zero-order valence-electron chi connectivity index (χ0n) is 12.4. The number of alkyl halides is 2. The number of rotatable bonds is 6. The van der Waals surface area contributed by atoms with E-state index in [0.717, 1.165) is 23.6 Å². The van der Waals surface area contributed by atoms with Gasteiger partial charge in [-0.25, -0.2) is 0 Å². The van der Waals surface area contributed by atoms with Gasteiger partial charge >= 0.3 is 6.61 Å². The van der Waals surface area contributed by atoms with Gasteiger partial charge in [-0.2, -0.15) is 20.5 Å². The van der Waals surface area contributed by atoms with Gasteiger partial charge in [0.05, 0.1) is 0 Å². The molecule has 1 amide bonds. The lowest BCUT2D eigenvalue weighted by atomic mass is 10.1. The molecule has 1 aliphatic heterocycles. The lowest BCUT2D eigenvalue weighted by molar-refractivity contribution is -0.130. The fraction of sp³-hybridized carbons (Fsp3) is 0.533. The van der Waals surface area contributed by atoms with Gasteiger partial charge in [0.2, 0.25) is 5.91 Å². The minimum atomic E-state index is -2.82. The van der Waals surface area contributed by atoms with Crippen LogP contribution in [0.25, 0.3) is 0 Å². The molecule has 2 rings (SSSR count). The first-order valence-electron chi connectivity index (χ1n) is 7.13. The van der Waals surface area contributed by atoms with Crippen LogP contribution in [0, 0.1) is 0 Å². The van der Waals surface area contributed by atoms with E-state index in [2.05, 4.69) is 10.1 Å². The van der Waals surface area contributed by atoms with E-state index in [4.69, 9.17) is 0 Å². The molecule has 4 nitrogen and oxygen atoms in total. The van der Waals surface area contributed by atoms with Crippen molar-refractivity contribution in [3.8, 4) is 5.75 Å². The van der Waals surface area contributed by atoms with E-state index in [9.17, 15) is 13.6 Å². The van der Waals surface area contributed by atoms with E-state index >= 15 is 0 Å². The highest BCUT2D eigenvalue weighted by Gasteiger charge is 2.19. The van der Waals surface area contributed by atoms with Gasteiger partial charge in [0, 0.05) is 44.1 Å². The van der Waals surface area contributed by atoms with Crippen molar-refractivity contribution >= 4 is 17.7 Å². The van der Waals surface area contributed by atoms with Gasteiger partial charge in [-0.05, 0) is 17.7 Å². The van der Waals surface area contributed by atoms with Crippen molar-refractivity contribution in [1.29, 1.82) is 0 Å². The minimum absolute atomic E-state index is 0.0768. The van der Waals surface area contributed by atoms with Crippen LogP contribution in [0.3, 0.4) is 0 Å². The monoisotopic (exact) mass is 330 g/mol. The van der Waals surface area contributed by atoms with Crippen molar-refractivity contribution in [2.75, 3.05) is 25.1 Å². The minimum Gasteiger partial charge on any atom is -0.435 e. The molecule has 1 fully saturated rings. The first-order valence-corrected chi connectivity index (χ1v) is 8.29. The highest BCUT2D eigenvalue weighted by molar-refractivity contribution is 7.99. The molecule has 122 valence electrons. The molecule has 1 atom stereocenters. The molecule has 7 heteroatoms. The Bertz CT molecular complexity index is 479. The summed E-state index contributed by atoms with van der Waals surface area (Å²) in [5.41, 5.74) is 0.878. The van der Waals surface area contributed by atoms with E-state index in [-0.39, 0.29) is 17.7 Å². The summed E-state index contributed by atoms with van der Waals surface area (Å²) in [6.07, 6.45) is 0.482. The number of carbonyl (C=O) groups is 1. The number of ether oxygens (including phenoxy) is 1. The number of carbonyl (C=O) groups excluding carboxylic acids is 1. The Morgan fingerprint density at radius 1 is 1.45 bits per heavy atom. The quantitative estimate of drug-likeness (QED) is 0.869. The second kappa shape index (κ2) is 8.33. The van der Waals surface area contributed by atoms with Crippen molar-refractivity contribution < 1.29 is 18.3 Å². The largest absolute Gasteiger partial charge is 0.435 e. The van der Waals surface area contributed by atoms with Crippen molar-refractivity contribution in [1.82, 2.24) is 10.2 Å². The zero-order valence-corrected chi connectivity index (χ0v) is 13.2. The zero-order chi connectivity index (χ0) is 15.9. The van der Waals surface area contributed by atoms with Crippen LogP contribution >= 0.6 is 11.8 Å². The van der Waals surface area contributed by atoms with Crippen molar-refractivity contribution in [3.05, 3.63) is 29.8 Å². The number of nitrogens with zero attached hydrogens (tertiary/aromatic N) is 1. The molecular weight excluding hydrogens is 310 g/mol. The third kappa shape index (κ3) is 5.46. The maximum Gasteiger partial charge on any atom is 0.387 e. The van der Waals surface area contributed by atoms with Crippen LogP contribution in [0.5, 0.6) is 5.75 Å². The third-order valence-electron chi connectivity index (χ3n) is 3.41. The predicted octanol–water partition coefficient (Wildman–Crippen LogP) is 2.34. The molecule has 0 spiro atoms. The van der Waals surface area contributed by atoms with Gasteiger partial charge in [-0.15, -0.1) is 0 Å². The van der Waals surface area contributed by atoms with E-state index in [0.29, 0.717) is 13.0 Å². The first kappa shape index (κ1) is 17.0. The second-order valence-corrected chi connectivity index (χ2v) is 6.35. The summed E-state index contributed by atoms with van der Waals surface area (Å²) in [5.74, 6) is 2.25. The molecule has 0 saturated carbocycles. The molecule has 1 aromatic carbocycles. The van der Waals surface area contributed by atoms with Gasteiger partial charge in [-0.1, -0.05) is 12.1 Å². The Morgan fingerprint density at radius 2 is 2.18 bits per heavy atom. The fourth-order valence-electron chi connectivity index (χ4n) is 2.26. The molecule has 1 aromatic rings. The highest BCUT2D eigenvalue weighted by atomic mass is 32.2. The fourth-order valence-corrected chi connectivity index (χ4v) is 3.20. The lowest BCUT2D eigenvalue weighted by Crippen LogP contribution is -2.41. The molecule has 0 aliphatic carbocycles. The molecule has 22 heavy (non-hydrogen) atoms. The topological polar surface area (TPSA) is 41.6 Å². The standard InChI is InChI=1S/C15H20F2N2O2S/c1-19(14(20)8-12-10-22-7-6-18-12)9-11-2-4-13(5-3-11)21-15(16)17/h2-5,12,15,18H,6-10H2,1H3. The van der Waals surface area contributed by atoms with Gasteiger partial charge in [0.25, 0.3) is 0 Å². The van der Waals surface area contributed by atoms with E-state index in [1.54, 1.807) is 24.1 Å². The van der Waals surface area contributed by atoms with Crippen LogP contribution in [0.15, 0.2) is 24.3 Å². The van der Waals surface area contributed by atoms with Crippen LogP contribution in [-0.4, -0.2) is 48.6 Å². The van der Waals surface area contributed by atoms with Crippen LogP contribution in [0.4, 0.5) is 8.78 Å². The summed E-state index contributed by atoms with van der Waals surface area (Å²) in [5, 5.41) is 3.34. The maximum atomic E-state index is 12.2. The van der Waals surface area contributed by atoms with Crippen molar-refractivity contribution in [2.45, 2.75) is 25.6 Å². The SMILES string of the molecule is CN(Cc1ccc(OC(F)F)cc1)C(=O)CC1CSCCN1. The van der Waals surface area contributed by atoms with Gasteiger partial charge < -0.3 is 15.0 Å². The van der Waals surface area contributed by atoms with Gasteiger partial charge in [0.1, 0.15) is 5.75 Å². The molecular formula is C15H20F2N2O2S. The summed E-state index contributed by atoms with van der Waals surface area (Å²) in [4.78, 5) is 13.8. The third-order valence-corrected chi connectivity index (χ3v) is 4.54. The molecule has 1 heterocycles. The number of nitrogens with one attached hydrogen (secondary N) is 1. The maximum absolute atomic E-state index is 12.2. The predicted molar refractivity (Wildman–Crippen MR) is 83.3 cm³/mol. The lowest BCUT2D eigenvalue weighted by Gasteiger charge is -2.25. The molecule has 0 bridgehead atoms. The summed E-state index contributed by atoms with van der Waals surface area (Å²) in [7, 11) is 1.75. The molecule has 1 N–H and O–H groups in total. The number of amides is 1. The average Bonchev–Trinajstić information content (AvgIpc) is 2.49. The number of benzene rings is 1. The second-order valence-electron chi connectivity index (χ2n) is 5.20. The molecule has 1 aliphatic rings. The number of thioether (sulfide) groups is 1. The Balaban J connectivity index is 1.82. The first-order chi connectivity index (χ1) is 10.5. The Labute approximate surface area is 133 Å². The number of hydrogen-bond donors (Lipinski definition) is 1. The van der Waals surface area contributed by atoms with Crippen molar-refractivity contribution in [3.63, 3.8) is 0 Å². The molecule has 1 saturated heterocycles. The normalized spacial score (nSPS) is 18.3. The van der Waals surface area contributed by atoms with E-state index in [1.165, 1.54) is 12.1 Å². The number of hydrogen-bond acceptors (Lipinski definition) is 4. The highest BCUT2D eigenvalue weighted by Crippen LogP contribution is 2.16. The van der Waals surface area contributed by atoms with Crippen LogP contribution in [0.1, 0.15) is 12.0 Å². The van der Waals surface area contributed by atoms with Gasteiger partial charge in [-0.3, -0.25) is 4.79 Å². The van der Waals surface area contributed by atoms with Crippen molar-refractivity contribution in [2.24, 2.45) is 0 Å². The summed E-state index contributed by atoms with van der Waals surface area (Å²) in [6.45, 7) is -1.43. The Morgan fingerprint density at radius 3 is 2.77 bits per heavy atom. The van der Waals surface area contributed by atoms with Crippen LogP contribution < -0.4 is 10.1 Å².